The highest BCUT2D eigenvalue weighted by atomic mass is 15.0. The van der Waals surface area contributed by atoms with E-state index in [-0.39, 0.29) is 16.2 Å². The maximum atomic E-state index is 5.11. The zero-order valence-corrected chi connectivity index (χ0v) is 19.7. The number of pyridine rings is 1. The summed E-state index contributed by atoms with van der Waals surface area (Å²) in [4.78, 5) is 14.8. The Morgan fingerprint density at radius 1 is 0.933 bits per heavy atom. The van der Waals surface area contributed by atoms with Crippen molar-refractivity contribution in [3.8, 4) is 0 Å². The summed E-state index contributed by atoms with van der Waals surface area (Å²) in [5, 5.41) is 1.03. The Balaban J connectivity index is 1.91. The Hall–Kier alpha value is -2.49. The van der Waals surface area contributed by atoms with Gasteiger partial charge < -0.3 is 0 Å². The smallest absolute Gasteiger partial charge is 0.149 e. The molecule has 0 saturated carbocycles. The molecule has 4 nitrogen and oxygen atoms in total. The van der Waals surface area contributed by atoms with Crippen molar-refractivity contribution in [3.63, 3.8) is 0 Å². The molecule has 0 aliphatic heterocycles. The van der Waals surface area contributed by atoms with E-state index in [2.05, 4.69) is 78.8 Å². The van der Waals surface area contributed by atoms with E-state index < -0.39 is 0 Å². The monoisotopic (exact) mass is 400 g/mol. The lowest BCUT2D eigenvalue weighted by atomic mass is 9.82. The Morgan fingerprint density at radius 2 is 1.57 bits per heavy atom. The van der Waals surface area contributed by atoms with Crippen LogP contribution in [0.4, 0.5) is 0 Å². The second-order valence-corrected chi connectivity index (χ2v) is 11.5. The topological polar surface area (TPSA) is 43.1 Å². The van der Waals surface area contributed by atoms with Crippen LogP contribution in [0.15, 0.2) is 18.3 Å². The number of aryl methyl sites for hydroxylation is 2. The van der Waals surface area contributed by atoms with Crippen LogP contribution in [0.3, 0.4) is 0 Å². The van der Waals surface area contributed by atoms with Gasteiger partial charge in [-0.3, -0.25) is 4.40 Å². The van der Waals surface area contributed by atoms with Crippen LogP contribution in [-0.4, -0.2) is 19.4 Å². The van der Waals surface area contributed by atoms with Gasteiger partial charge in [-0.25, -0.2) is 15.0 Å². The van der Waals surface area contributed by atoms with Crippen molar-refractivity contribution in [1.82, 2.24) is 19.4 Å². The molecule has 3 heterocycles. The molecule has 5 rings (SSSR count). The molecule has 0 N–H and O–H groups in total. The third-order valence-electron chi connectivity index (χ3n) is 7.07. The van der Waals surface area contributed by atoms with Crippen LogP contribution in [0.25, 0.3) is 27.6 Å². The third kappa shape index (κ3) is 2.49. The summed E-state index contributed by atoms with van der Waals surface area (Å²) in [6, 6.07) is 4.72. The van der Waals surface area contributed by atoms with Gasteiger partial charge in [-0.15, -0.1) is 0 Å². The predicted molar refractivity (Wildman–Crippen MR) is 125 cm³/mol. The molecular formula is C26H32N4. The lowest BCUT2D eigenvalue weighted by Gasteiger charge is -2.22. The van der Waals surface area contributed by atoms with Crippen molar-refractivity contribution in [2.75, 3.05) is 0 Å². The van der Waals surface area contributed by atoms with E-state index in [9.17, 15) is 0 Å². The van der Waals surface area contributed by atoms with Gasteiger partial charge in [0.25, 0.3) is 0 Å². The predicted octanol–water partition coefficient (Wildman–Crippen LogP) is 6.30. The van der Waals surface area contributed by atoms with E-state index in [4.69, 9.17) is 15.0 Å². The van der Waals surface area contributed by atoms with Crippen LogP contribution >= 0.6 is 0 Å². The van der Waals surface area contributed by atoms with E-state index in [0.717, 1.165) is 34.3 Å². The molecule has 0 radical (unpaired) electrons. The molecule has 0 spiro atoms. The largest absolute Gasteiger partial charge is 0.296 e. The zero-order valence-electron chi connectivity index (χ0n) is 19.7. The fraction of sp³-hybridized carbons (Fsp3) is 0.500. The standard InChI is InChI=1S/C26H32N4/c1-14-15(2)30-20-11-18-17(25(6,7)13-26(18,8)9)10-19(20)28-22(30)16-12-27-23(24(3,4)5)29-21(14)16/h10-12H,13H2,1-9H3. The summed E-state index contributed by atoms with van der Waals surface area (Å²) in [7, 11) is 0. The van der Waals surface area contributed by atoms with Gasteiger partial charge in [0.1, 0.15) is 11.5 Å². The quantitative estimate of drug-likeness (QED) is 0.348. The van der Waals surface area contributed by atoms with E-state index >= 15 is 0 Å². The number of rotatable bonds is 0. The van der Waals surface area contributed by atoms with Crippen molar-refractivity contribution in [1.29, 1.82) is 0 Å². The first kappa shape index (κ1) is 19.5. The van der Waals surface area contributed by atoms with Gasteiger partial charge >= 0.3 is 0 Å². The molecule has 1 aliphatic rings. The van der Waals surface area contributed by atoms with E-state index in [0.29, 0.717) is 0 Å². The maximum absolute atomic E-state index is 5.11. The van der Waals surface area contributed by atoms with Crippen molar-refractivity contribution >= 4 is 27.6 Å². The van der Waals surface area contributed by atoms with Crippen LogP contribution < -0.4 is 0 Å². The van der Waals surface area contributed by atoms with Crippen molar-refractivity contribution < 1.29 is 0 Å². The second-order valence-electron chi connectivity index (χ2n) is 11.5. The first-order valence-electron chi connectivity index (χ1n) is 10.9. The lowest BCUT2D eigenvalue weighted by molar-refractivity contribution is 0.403. The number of imidazole rings is 1. The molecule has 4 aromatic rings. The number of benzene rings is 1. The third-order valence-corrected chi connectivity index (χ3v) is 7.07. The Labute approximate surface area is 178 Å². The molecule has 0 fully saturated rings. The fourth-order valence-electron chi connectivity index (χ4n) is 5.59. The van der Waals surface area contributed by atoms with E-state index in [1.54, 1.807) is 0 Å². The summed E-state index contributed by atoms with van der Waals surface area (Å²) < 4.78 is 2.31. The molecule has 156 valence electrons. The second kappa shape index (κ2) is 5.60. The summed E-state index contributed by atoms with van der Waals surface area (Å²) >= 11 is 0. The lowest BCUT2D eigenvalue weighted by Crippen LogP contribution is -2.18. The molecule has 3 aromatic heterocycles. The molecule has 0 unspecified atom stereocenters. The molecule has 0 bridgehead atoms. The fourth-order valence-corrected chi connectivity index (χ4v) is 5.59. The number of nitrogens with zero attached hydrogens (tertiary/aromatic N) is 4. The Morgan fingerprint density at radius 3 is 2.20 bits per heavy atom. The van der Waals surface area contributed by atoms with Crippen LogP contribution in [0.2, 0.25) is 0 Å². The summed E-state index contributed by atoms with van der Waals surface area (Å²) in [6.07, 6.45) is 3.13. The molecule has 4 heteroatoms. The highest BCUT2D eigenvalue weighted by Crippen LogP contribution is 2.50. The van der Waals surface area contributed by atoms with Crippen molar-refractivity contribution in [2.24, 2.45) is 0 Å². The van der Waals surface area contributed by atoms with Gasteiger partial charge in [0.15, 0.2) is 0 Å². The molecule has 1 aromatic carbocycles. The van der Waals surface area contributed by atoms with E-state index in [1.165, 1.54) is 27.9 Å². The number of hydrogen-bond donors (Lipinski definition) is 0. The Kier molecular flexibility index (Phi) is 3.63. The van der Waals surface area contributed by atoms with Gasteiger partial charge in [-0.05, 0) is 59.9 Å². The normalized spacial score (nSPS) is 17.9. The molecule has 0 saturated heterocycles. The van der Waals surface area contributed by atoms with Gasteiger partial charge in [0.2, 0.25) is 0 Å². The van der Waals surface area contributed by atoms with Gasteiger partial charge in [0.05, 0.1) is 21.9 Å². The molecule has 1 aliphatic carbocycles. The summed E-state index contributed by atoms with van der Waals surface area (Å²) in [5.41, 5.74) is 9.78. The number of hydrogen-bond acceptors (Lipinski definition) is 3. The summed E-state index contributed by atoms with van der Waals surface area (Å²) in [5.74, 6) is 0.875. The molecular weight excluding hydrogens is 368 g/mol. The molecule has 0 amide bonds. The van der Waals surface area contributed by atoms with Crippen LogP contribution in [0.1, 0.15) is 83.1 Å². The van der Waals surface area contributed by atoms with Crippen molar-refractivity contribution in [3.05, 3.63) is 46.5 Å². The number of aromatic nitrogens is 4. The molecule has 0 atom stereocenters. The van der Waals surface area contributed by atoms with Crippen LogP contribution in [0.5, 0.6) is 0 Å². The Bertz CT molecular complexity index is 1360. The van der Waals surface area contributed by atoms with Gasteiger partial charge in [0, 0.05) is 17.3 Å². The molecule has 30 heavy (non-hydrogen) atoms. The zero-order chi connectivity index (χ0) is 21.8. The van der Waals surface area contributed by atoms with Crippen LogP contribution in [0, 0.1) is 13.8 Å². The minimum atomic E-state index is -0.0846. The average Bonchev–Trinajstić information content (AvgIpc) is 3.09. The first-order valence-corrected chi connectivity index (χ1v) is 10.9. The highest BCUT2D eigenvalue weighted by molar-refractivity contribution is 5.98. The van der Waals surface area contributed by atoms with Gasteiger partial charge in [-0.2, -0.15) is 0 Å². The minimum Gasteiger partial charge on any atom is -0.296 e. The SMILES string of the molecule is Cc1c(C)n2c3cc4c(cc3nc2c2cnc(C(C)(C)C)nc12)C(C)(C)CC4(C)C. The minimum absolute atomic E-state index is 0.0846. The van der Waals surface area contributed by atoms with Gasteiger partial charge in [-0.1, -0.05) is 48.5 Å². The maximum Gasteiger partial charge on any atom is 0.149 e. The first-order chi connectivity index (χ1) is 13.8. The van der Waals surface area contributed by atoms with Crippen molar-refractivity contribution in [2.45, 2.75) is 85.0 Å². The van der Waals surface area contributed by atoms with E-state index in [1.807, 2.05) is 6.20 Å². The average molecular weight is 401 g/mol. The number of fused-ring (bicyclic) bond motifs is 6. The summed E-state index contributed by atoms with van der Waals surface area (Å²) in [6.45, 7) is 20.3. The van der Waals surface area contributed by atoms with Crippen LogP contribution in [-0.2, 0) is 16.2 Å². The highest BCUT2D eigenvalue weighted by Gasteiger charge is 2.42.